The SMILES string of the molecule is C=C(NCCCCC)C(C)C(C)C. The van der Waals surface area contributed by atoms with E-state index >= 15 is 0 Å². The largest absolute Gasteiger partial charge is 0.389 e. The third-order valence-corrected chi connectivity index (χ3v) is 2.68. The predicted octanol–water partition coefficient (Wildman–Crippen LogP) is 3.57. The molecule has 0 amide bonds. The number of unbranched alkanes of at least 4 members (excludes halogenated alkanes) is 2. The minimum absolute atomic E-state index is 0.585. The molecule has 0 rings (SSSR count). The van der Waals surface area contributed by atoms with Crippen molar-refractivity contribution in [1.82, 2.24) is 5.32 Å². The van der Waals surface area contributed by atoms with Crippen LogP contribution in [0.5, 0.6) is 0 Å². The van der Waals surface area contributed by atoms with Crippen LogP contribution in [0.4, 0.5) is 0 Å². The molecule has 0 aliphatic carbocycles. The molecule has 0 aromatic carbocycles. The molecule has 0 aliphatic rings. The van der Waals surface area contributed by atoms with Gasteiger partial charge in [0.1, 0.15) is 0 Å². The maximum Gasteiger partial charge on any atom is 0.0143 e. The number of rotatable bonds is 7. The van der Waals surface area contributed by atoms with Crippen molar-refractivity contribution in [2.45, 2.75) is 47.0 Å². The zero-order chi connectivity index (χ0) is 10.3. The summed E-state index contributed by atoms with van der Waals surface area (Å²) in [5.74, 6) is 1.27. The Labute approximate surface area is 83.6 Å². The predicted molar refractivity (Wildman–Crippen MR) is 60.7 cm³/mol. The first-order chi connectivity index (χ1) is 6.09. The van der Waals surface area contributed by atoms with Gasteiger partial charge in [0.25, 0.3) is 0 Å². The van der Waals surface area contributed by atoms with E-state index in [0.29, 0.717) is 11.8 Å². The first-order valence-electron chi connectivity index (χ1n) is 5.52. The van der Waals surface area contributed by atoms with Gasteiger partial charge in [-0.05, 0) is 18.3 Å². The van der Waals surface area contributed by atoms with Gasteiger partial charge in [0.2, 0.25) is 0 Å². The smallest absolute Gasteiger partial charge is 0.0143 e. The summed E-state index contributed by atoms with van der Waals surface area (Å²) in [5, 5.41) is 3.40. The molecule has 0 spiro atoms. The summed E-state index contributed by atoms with van der Waals surface area (Å²) in [4.78, 5) is 0. The fraction of sp³-hybridized carbons (Fsp3) is 0.833. The van der Waals surface area contributed by atoms with E-state index in [4.69, 9.17) is 0 Å². The van der Waals surface area contributed by atoms with Crippen LogP contribution in [0.25, 0.3) is 0 Å². The highest BCUT2D eigenvalue weighted by Crippen LogP contribution is 2.15. The summed E-state index contributed by atoms with van der Waals surface area (Å²) in [7, 11) is 0. The minimum atomic E-state index is 0.585. The zero-order valence-corrected chi connectivity index (χ0v) is 9.69. The van der Waals surface area contributed by atoms with E-state index in [9.17, 15) is 0 Å². The lowest BCUT2D eigenvalue weighted by Gasteiger charge is -2.19. The number of hydrogen-bond acceptors (Lipinski definition) is 1. The molecule has 1 atom stereocenters. The van der Waals surface area contributed by atoms with Crippen molar-refractivity contribution in [1.29, 1.82) is 0 Å². The fourth-order valence-corrected chi connectivity index (χ4v) is 1.19. The monoisotopic (exact) mass is 183 g/mol. The van der Waals surface area contributed by atoms with Gasteiger partial charge in [0.05, 0.1) is 0 Å². The van der Waals surface area contributed by atoms with Crippen LogP contribution >= 0.6 is 0 Å². The van der Waals surface area contributed by atoms with Crippen molar-refractivity contribution in [3.8, 4) is 0 Å². The van der Waals surface area contributed by atoms with Crippen LogP contribution in [-0.4, -0.2) is 6.54 Å². The molecule has 0 saturated carbocycles. The zero-order valence-electron chi connectivity index (χ0n) is 9.69. The third-order valence-electron chi connectivity index (χ3n) is 2.68. The highest BCUT2D eigenvalue weighted by molar-refractivity contribution is 4.97. The molecule has 1 heteroatoms. The maximum absolute atomic E-state index is 4.06. The summed E-state index contributed by atoms with van der Waals surface area (Å²) < 4.78 is 0. The van der Waals surface area contributed by atoms with Crippen molar-refractivity contribution in [3.05, 3.63) is 12.3 Å². The first kappa shape index (κ1) is 12.5. The standard InChI is InChI=1S/C12H25N/c1-6-7-8-9-13-12(5)11(4)10(2)3/h10-11,13H,5-9H2,1-4H3. The maximum atomic E-state index is 4.06. The second-order valence-corrected chi connectivity index (χ2v) is 4.19. The van der Waals surface area contributed by atoms with Crippen molar-refractivity contribution in [2.75, 3.05) is 6.54 Å². The van der Waals surface area contributed by atoms with Gasteiger partial charge in [-0.2, -0.15) is 0 Å². The summed E-state index contributed by atoms with van der Waals surface area (Å²) >= 11 is 0. The average Bonchev–Trinajstić information content (AvgIpc) is 2.10. The van der Waals surface area contributed by atoms with Gasteiger partial charge in [0.15, 0.2) is 0 Å². The third kappa shape index (κ3) is 5.73. The van der Waals surface area contributed by atoms with Crippen LogP contribution < -0.4 is 5.32 Å². The topological polar surface area (TPSA) is 12.0 Å². The average molecular weight is 183 g/mol. The Balaban J connectivity index is 3.50. The summed E-state index contributed by atoms with van der Waals surface area (Å²) in [5.41, 5.74) is 1.20. The lowest BCUT2D eigenvalue weighted by molar-refractivity contribution is 0.451. The molecule has 1 unspecified atom stereocenters. The Bertz CT molecular complexity index is 138. The molecule has 0 radical (unpaired) electrons. The Hall–Kier alpha value is -0.460. The van der Waals surface area contributed by atoms with Gasteiger partial charge in [0, 0.05) is 12.2 Å². The first-order valence-corrected chi connectivity index (χ1v) is 5.52. The Morgan fingerprint density at radius 3 is 2.31 bits per heavy atom. The number of allylic oxidation sites excluding steroid dienone is 1. The van der Waals surface area contributed by atoms with E-state index in [1.807, 2.05) is 0 Å². The molecule has 0 aromatic rings. The fourth-order valence-electron chi connectivity index (χ4n) is 1.19. The Morgan fingerprint density at radius 2 is 1.85 bits per heavy atom. The van der Waals surface area contributed by atoms with Crippen LogP contribution in [0.15, 0.2) is 12.3 Å². The molecule has 0 heterocycles. The highest BCUT2D eigenvalue weighted by atomic mass is 14.9. The van der Waals surface area contributed by atoms with Gasteiger partial charge in [-0.25, -0.2) is 0 Å². The highest BCUT2D eigenvalue weighted by Gasteiger charge is 2.09. The van der Waals surface area contributed by atoms with E-state index in [1.165, 1.54) is 25.0 Å². The molecule has 78 valence electrons. The number of nitrogens with one attached hydrogen (secondary N) is 1. The molecular weight excluding hydrogens is 158 g/mol. The van der Waals surface area contributed by atoms with Crippen LogP contribution in [-0.2, 0) is 0 Å². The molecule has 0 fully saturated rings. The molecule has 0 saturated heterocycles. The van der Waals surface area contributed by atoms with E-state index < -0.39 is 0 Å². The molecule has 13 heavy (non-hydrogen) atoms. The van der Waals surface area contributed by atoms with E-state index in [0.717, 1.165) is 6.54 Å². The van der Waals surface area contributed by atoms with Crippen LogP contribution in [0.1, 0.15) is 47.0 Å². The Kier molecular flexibility index (Phi) is 6.75. The van der Waals surface area contributed by atoms with Crippen LogP contribution in [0.3, 0.4) is 0 Å². The second kappa shape index (κ2) is 6.99. The molecule has 0 bridgehead atoms. The number of hydrogen-bond donors (Lipinski definition) is 1. The minimum Gasteiger partial charge on any atom is -0.389 e. The van der Waals surface area contributed by atoms with Crippen LogP contribution in [0, 0.1) is 11.8 Å². The normalized spacial score (nSPS) is 13.0. The second-order valence-electron chi connectivity index (χ2n) is 4.19. The lowest BCUT2D eigenvalue weighted by atomic mass is 9.95. The van der Waals surface area contributed by atoms with E-state index in [1.54, 1.807) is 0 Å². The van der Waals surface area contributed by atoms with Gasteiger partial charge in [-0.15, -0.1) is 0 Å². The van der Waals surface area contributed by atoms with Gasteiger partial charge in [-0.3, -0.25) is 0 Å². The summed E-state index contributed by atoms with van der Waals surface area (Å²) in [6.07, 6.45) is 3.87. The molecule has 1 nitrogen and oxygen atoms in total. The molecule has 1 N–H and O–H groups in total. The molecule has 0 aromatic heterocycles. The lowest BCUT2D eigenvalue weighted by Crippen LogP contribution is -2.21. The van der Waals surface area contributed by atoms with Crippen molar-refractivity contribution in [3.63, 3.8) is 0 Å². The van der Waals surface area contributed by atoms with E-state index in [-0.39, 0.29) is 0 Å². The Morgan fingerprint density at radius 1 is 1.23 bits per heavy atom. The van der Waals surface area contributed by atoms with Gasteiger partial charge < -0.3 is 5.32 Å². The van der Waals surface area contributed by atoms with Crippen LogP contribution in [0.2, 0.25) is 0 Å². The van der Waals surface area contributed by atoms with Crippen molar-refractivity contribution in [2.24, 2.45) is 11.8 Å². The molecule has 0 aliphatic heterocycles. The summed E-state index contributed by atoms with van der Waals surface area (Å²) in [6.45, 7) is 14.1. The quantitative estimate of drug-likeness (QED) is 0.595. The van der Waals surface area contributed by atoms with Gasteiger partial charge >= 0.3 is 0 Å². The van der Waals surface area contributed by atoms with Gasteiger partial charge in [-0.1, -0.05) is 47.1 Å². The van der Waals surface area contributed by atoms with Crippen molar-refractivity contribution >= 4 is 0 Å². The van der Waals surface area contributed by atoms with E-state index in [2.05, 4.69) is 39.6 Å². The molecular formula is C12H25N. The van der Waals surface area contributed by atoms with Crippen molar-refractivity contribution < 1.29 is 0 Å². The summed E-state index contributed by atoms with van der Waals surface area (Å²) in [6, 6.07) is 0.